The Labute approximate surface area is 113 Å². The molecule has 19 heavy (non-hydrogen) atoms. The van der Waals surface area contributed by atoms with E-state index in [-0.39, 0.29) is 5.91 Å². The number of nitrogens with zero attached hydrogens (tertiary/aromatic N) is 5. The molecule has 0 aromatic carbocycles. The second-order valence-electron chi connectivity index (χ2n) is 4.29. The normalized spacial score (nSPS) is 15.8. The van der Waals surface area contributed by atoms with E-state index in [1.54, 1.807) is 29.4 Å². The Balaban J connectivity index is 1.64. The molecule has 1 saturated heterocycles. The Kier molecular flexibility index (Phi) is 3.16. The van der Waals surface area contributed by atoms with Crippen molar-refractivity contribution >= 4 is 22.4 Å². The van der Waals surface area contributed by atoms with Crippen LogP contribution in [0.2, 0.25) is 0 Å². The minimum absolute atomic E-state index is 0.113. The van der Waals surface area contributed by atoms with Crippen LogP contribution in [-0.4, -0.2) is 52.3 Å². The summed E-state index contributed by atoms with van der Waals surface area (Å²) in [6.45, 7) is 4.60. The lowest BCUT2D eigenvalue weighted by Crippen LogP contribution is -2.49. The summed E-state index contributed by atoms with van der Waals surface area (Å²) in [5.74, 6) is -0.113. The van der Waals surface area contributed by atoms with Gasteiger partial charge in [0.05, 0.1) is 0 Å². The van der Waals surface area contributed by atoms with E-state index in [1.165, 1.54) is 0 Å². The van der Waals surface area contributed by atoms with Crippen LogP contribution in [0.25, 0.3) is 0 Å². The maximum Gasteiger partial charge on any atom is 0.278 e. The van der Waals surface area contributed by atoms with E-state index >= 15 is 0 Å². The average Bonchev–Trinajstić information content (AvgIpc) is 3.09. The van der Waals surface area contributed by atoms with E-state index in [2.05, 4.69) is 24.8 Å². The molecule has 0 radical (unpaired) electrons. The van der Waals surface area contributed by atoms with Gasteiger partial charge in [-0.1, -0.05) is 5.16 Å². The fraction of sp³-hybridized carbons (Fsp3) is 0.455. The first kappa shape index (κ1) is 12.1. The quantitative estimate of drug-likeness (QED) is 0.809. The molecule has 3 rings (SSSR count). The van der Waals surface area contributed by atoms with Crippen LogP contribution in [0.15, 0.2) is 16.2 Å². The van der Waals surface area contributed by atoms with E-state index in [0.29, 0.717) is 24.5 Å². The third kappa shape index (κ3) is 2.30. The molecule has 3 heterocycles. The van der Waals surface area contributed by atoms with Crippen LogP contribution in [0.3, 0.4) is 0 Å². The Morgan fingerprint density at radius 3 is 2.68 bits per heavy atom. The number of thiazole rings is 1. The molecule has 0 unspecified atom stereocenters. The molecular formula is C11H13N5O2S. The summed E-state index contributed by atoms with van der Waals surface area (Å²) in [6, 6.07) is 0. The Morgan fingerprint density at radius 2 is 2.11 bits per heavy atom. The van der Waals surface area contributed by atoms with E-state index in [1.807, 2.05) is 5.38 Å². The topological polar surface area (TPSA) is 75.4 Å². The van der Waals surface area contributed by atoms with Crippen molar-refractivity contribution in [2.75, 3.05) is 31.1 Å². The van der Waals surface area contributed by atoms with E-state index in [9.17, 15) is 4.79 Å². The van der Waals surface area contributed by atoms with Crippen molar-refractivity contribution < 1.29 is 9.42 Å². The predicted molar refractivity (Wildman–Crippen MR) is 69.3 cm³/mol. The van der Waals surface area contributed by atoms with Gasteiger partial charge in [-0.15, -0.1) is 11.3 Å². The number of aromatic nitrogens is 3. The van der Waals surface area contributed by atoms with E-state index < -0.39 is 0 Å². The van der Waals surface area contributed by atoms with Crippen LogP contribution < -0.4 is 4.90 Å². The number of carbonyl (C=O) groups is 1. The highest BCUT2D eigenvalue weighted by molar-refractivity contribution is 7.13. The van der Waals surface area contributed by atoms with Gasteiger partial charge < -0.3 is 9.80 Å². The fourth-order valence-corrected chi connectivity index (χ4v) is 2.75. The largest absolute Gasteiger partial charge is 0.345 e. The highest BCUT2D eigenvalue weighted by Crippen LogP contribution is 2.19. The molecule has 2 aromatic heterocycles. The number of aryl methyl sites for hydroxylation is 1. The van der Waals surface area contributed by atoms with Crippen molar-refractivity contribution in [3.05, 3.63) is 23.0 Å². The number of hydrogen-bond acceptors (Lipinski definition) is 7. The van der Waals surface area contributed by atoms with Crippen molar-refractivity contribution in [3.63, 3.8) is 0 Å². The third-order valence-electron chi connectivity index (χ3n) is 3.11. The molecule has 7 nitrogen and oxygen atoms in total. The molecule has 0 saturated carbocycles. The maximum atomic E-state index is 12.2. The van der Waals surface area contributed by atoms with Gasteiger partial charge in [0, 0.05) is 37.8 Å². The standard InChI is InChI=1S/C11H13N5O2S/c1-8-9(14-18-13-8)10(17)15-3-5-16(6-4-15)11-12-2-7-19-11/h2,7H,3-6H2,1H3. The van der Waals surface area contributed by atoms with E-state index in [4.69, 9.17) is 0 Å². The van der Waals surface area contributed by atoms with Crippen LogP contribution in [0.1, 0.15) is 16.2 Å². The minimum Gasteiger partial charge on any atom is -0.345 e. The number of anilines is 1. The molecule has 8 heteroatoms. The molecule has 1 aliphatic heterocycles. The van der Waals surface area contributed by atoms with Gasteiger partial charge in [-0.05, 0) is 12.1 Å². The van der Waals surface area contributed by atoms with Crippen LogP contribution in [-0.2, 0) is 0 Å². The highest BCUT2D eigenvalue weighted by Gasteiger charge is 2.26. The second kappa shape index (κ2) is 4.96. The van der Waals surface area contributed by atoms with Crippen molar-refractivity contribution in [1.82, 2.24) is 20.2 Å². The molecule has 100 valence electrons. The van der Waals surface area contributed by atoms with Gasteiger partial charge in [-0.2, -0.15) is 0 Å². The number of carbonyl (C=O) groups excluding carboxylic acids is 1. The second-order valence-corrected chi connectivity index (χ2v) is 5.17. The summed E-state index contributed by atoms with van der Waals surface area (Å²) in [7, 11) is 0. The highest BCUT2D eigenvalue weighted by atomic mass is 32.1. The minimum atomic E-state index is -0.113. The van der Waals surface area contributed by atoms with Gasteiger partial charge in [0.15, 0.2) is 10.8 Å². The Morgan fingerprint density at radius 1 is 1.32 bits per heavy atom. The summed E-state index contributed by atoms with van der Waals surface area (Å²) in [5, 5.41) is 10.3. The van der Waals surface area contributed by atoms with Gasteiger partial charge in [0.25, 0.3) is 5.91 Å². The zero-order valence-electron chi connectivity index (χ0n) is 10.4. The first-order chi connectivity index (χ1) is 9.25. The summed E-state index contributed by atoms with van der Waals surface area (Å²) >= 11 is 1.61. The van der Waals surface area contributed by atoms with Crippen molar-refractivity contribution in [2.24, 2.45) is 0 Å². The first-order valence-corrected chi connectivity index (χ1v) is 6.86. The Hall–Kier alpha value is -1.96. The molecule has 0 atom stereocenters. The Bertz CT molecular complexity index is 559. The smallest absolute Gasteiger partial charge is 0.278 e. The van der Waals surface area contributed by atoms with Crippen molar-refractivity contribution in [3.8, 4) is 0 Å². The van der Waals surface area contributed by atoms with Gasteiger partial charge in [-0.25, -0.2) is 9.61 Å². The fourth-order valence-electron chi connectivity index (χ4n) is 2.05. The molecular weight excluding hydrogens is 266 g/mol. The summed E-state index contributed by atoms with van der Waals surface area (Å²) in [6.07, 6.45) is 1.79. The molecule has 2 aromatic rings. The number of amides is 1. The molecule has 0 spiro atoms. The van der Waals surface area contributed by atoms with Gasteiger partial charge in [-0.3, -0.25) is 4.79 Å². The van der Waals surface area contributed by atoms with Crippen LogP contribution in [0.5, 0.6) is 0 Å². The zero-order chi connectivity index (χ0) is 13.2. The lowest BCUT2D eigenvalue weighted by atomic mass is 10.2. The summed E-state index contributed by atoms with van der Waals surface area (Å²) in [5.41, 5.74) is 0.843. The molecule has 0 aliphatic carbocycles. The third-order valence-corrected chi connectivity index (χ3v) is 3.94. The molecule has 1 aliphatic rings. The summed E-state index contributed by atoms with van der Waals surface area (Å²) in [4.78, 5) is 20.4. The summed E-state index contributed by atoms with van der Waals surface area (Å²) < 4.78 is 4.57. The predicted octanol–water partition coefficient (Wildman–Crippen LogP) is 0.797. The number of hydrogen-bond donors (Lipinski definition) is 0. The number of rotatable bonds is 2. The van der Waals surface area contributed by atoms with Crippen LogP contribution >= 0.6 is 11.3 Å². The molecule has 0 bridgehead atoms. The number of piperazine rings is 1. The van der Waals surface area contributed by atoms with Crippen LogP contribution in [0, 0.1) is 6.92 Å². The zero-order valence-corrected chi connectivity index (χ0v) is 11.3. The van der Waals surface area contributed by atoms with Crippen molar-refractivity contribution in [2.45, 2.75) is 6.92 Å². The first-order valence-electron chi connectivity index (χ1n) is 5.98. The van der Waals surface area contributed by atoms with Crippen LogP contribution in [0.4, 0.5) is 5.13 Å². The van der Waals surface area contributed by atoms with Gasteiger partial charge in [0.2, 0.25) is 0 Å². The molecule has 1 amide bonds. The monoisotopic (exact) mass is 279 g/mol. The molecule has 1 fully saturated rings. The average molecular weight is 279 g/mol. The lowest BCUT2D eigenvalue weighted by molar-refractivity contribution is 0.0735. The SMILES string of the molecule is Cc1nonc1C(=O)N1CCN(c2nccs2)CC1. The van der Waals surface area contributed by atoms with Gasteiger partial charge >= 0.3 is 0 Å². The van der Waals surface area contributed by atoms with Crippen molar-refractivity contribution in [1.29, 1.82) is 0 Å². The molecule has 0 N–H and O–H groups in total. The van der Waals surface area contributed by atoms with Gasteiger partial charge in [0.1, 0.15) is 5.69 Å². The van der Waals surface area contributed by atoms with E-state index in [0.717, 1.165) is 18.2 Å². The lowest BCUT2D eigenvalue weighted by Gasteiger charge is -2.34. The maximum absolute atomic E-state index is 12.2.